The Bertz CT molecular complexity index is 912. The molecule has 0 N–H and O–H groups in total. The van der Waals surface area contributed by atoms with E-state index in [4.69, 9.17) is 4.74 Å². The van der Waals surface area contributed by atoms with Crippen LogP contribution in [0.5, 0.6) is 5.75 Å². The lowest BCUT2D eigenvalue weighted by atomic mass is 10.0. The summed E-state index contributed by atoms with van der Waals surface area (Å²) < 4.78 is 57.6. The Morgan fingerprint density at radius 1 is 0.857 bits per heavy atom. The SMILES string of the molecule is CC(Oc1ccc(F)cc1N=C(c1ccccc1)c1ccccc1)C(F)(F)F. The molecule has 0 fully saturated rings. The fraction of sp³-hybridized carbons (Fsp3) is 0.136. The smallest absolute Gasteiger partial charge is 0.425 e. The van der Waals surface area contributed by atoms with Crippen molar-refractivity contribution in [2.75, 3.05) is 0 Å². The van der Waals surface area contributed by atoms with E-state index < -0.39 is 18.1 Å². The highest BCUT2D eigenvalue weighted by Gasteiger charge is 2.38. The lowest BCUT2D eigenvalue weighted by Gasteiger charge is -2.19. The average molecular weight is 387 g/mol. The van der Waals surface area contributed by atoms with Crippen molar-refractivity contribution in [2.24, 2.45) is 4.99 Å². The number of rotatable bonds is 5. The van der Waals surface area contributed by atoms with Gasteiger partial charge in [-0.15, -0.1) is 0 Å². The van der Waals surface area contributed by atoms with Crippen LogP contribution in [0.3, 0.4) is 0 Å². The number of halogens is 4. The van der Waals surface area contributed by atoms with Crippen molar-refractivity contribution in [3.05, 3.63) is 95.8 Å². The summed E-state index contributed by atoms with van der Waals surface area (Å²) in [4.78, 5) is 4.48. The number of aliphatic imine (C=N–C) groups is 1. The second-order valence-electron chi connectivity index (χ2n) is 6.11. The first-order valence-corrected chi connectivity index (χ1v) is 8.57. The first-order valence-electron chi connectivity index (χ1n) is 8.57. The van der Waals surface area contributed by atoms with Gasteiger partial charge in [0.05, 0.1) is 5.71 Å². The minimum Gasteiger partial charge on any atom is -0.479 e. The zero-order valence-corrected chi connectivity index (χ0v) is 15.0. The van der Waals surface area contributed by atoms with Gasteiger partial charge in [0.15, 0.2) is 6.10 Å². The largest absolute Gasteiger partial charge is 0.479 e. The number of nitrogens with zero attached hydrogens (tertiary/aromatic N) is 1. The van der Waals surface area contributed by atoms with Gasteiger partial charge in [-0.05, 0) is 19.1 Å². The molecule has 0 saturated heterocycles. The van der Waals surface area contributed by atoms with Crippen molar-refractivity contribution in [1.29, 1.82) is 0 Å². The van der Waals surface area contributed by atoms with Gasteiger partial charge in [0.25, 0.3) is 0 Å². The van der Waals surface area contributed by atoms with Crippen molar-refractivity contribution >= 4 is 11.4 Å². The molecule has 0 spiro atoms. The van der Waals surface area contributed by atoms with E-state index in [0.29, 0.717) is 5.71 Å². The molecule has 3 rings (SSSR count). The Kier molecular flexibility index (Phi) is 5.78. The highest BCUT2D eigenvalue weighted by atomic mass is 19.4. The molecule has 0 radical (unpaired) electrons. The van der Waals surface area contributed by atoms with Crippen LogP contribution in [-0.2, 0) is 0 Å². The Balaban J connectivity index is 2.11. The predicted octanol–water partition coefficient (Wildman–Crippen LogP) is 6.32. The molecule has 3 aromatic rings. The Hall–Kier alpha value is -3.15. The highest BCUT2D eigenvalue weighted by molar-refractivity contribution is 6.14. The van der Waals surface area contributed by atoms with E-state index in [1.54, 1.807) is 0 Å². The van der Waals surface area contributed by atoms with E-state index in [1.807, 2.05) is 60.7 Å². The quantitative estimate of drug-likeness (QED) is 0.371. The van der Waals surface area contributed by atoms with Crippen LogP contribution in [0.2, 0.25) is 0 Å². The van der Waals surface area contributed by atoms with E-state index in [-0.39, 0.29) is 11.4 Å². The number of hydrogen-bond donors (Lipinski definition) is 0. The van der Waals surface area contributed by atoms with Gasteiger partial charge >= 0.3 is 6.18 Å². The summed E-state index contributed by atoms with van der Waals surface area (Å²) in [6.07, 6.45) is -6.60. The molecule has 0 aliphatic carbocycles. The number of benzene rings is 3. The summed E-state index contributed by atoms with van der Waals surface area (Å²) in [5, 5.41) is 0. The summed E-state index contributed by atoms with van der Waals surface area (Å²) >= 11 is 0. The molecule has 0 bridgehead atoms. The van der Waals surface area contributed by atoms with Crippen LogP contribution in [0, 0.1) is 5.82 Å². The number of hydrogen-bond acceptors (Lipinski definition) is 2. The molecule has 3 aromatic carbocycles. The van der Waals surface area contributed by atoms with Gasteiger partial charge in [-0.1, -0.05) is 60.7 Å². The standard InChI is InChI=1S/C22H17F4NO/c1-15(22(24,25)26)28-20-13-12-18(23)14-19(20)27-21(16-8-4-2-5-9-16)17-10-6-3-7-11-17/h2-15H,1H3. The summed E-state index contributed by atoms with van der Waals surface area (Å²) in [5.74, 6) is -0.762. The zero-order valence-electron chi connectivity index (χ0n) is 15.0. The van der Waals surface area contributed by atoms with Crippen molar-refractivity contribution in [1.82, 2.24) is 0 Å². The van der Waals surface area contributed by atoms with Crippen molar-refractivity contribution in [2.45, 2.75) is 19.2 Å². The molecule has 1 unspecified atom stereocenters. The lowest BCUT2D eigenvalue weighted by Crippen LogP contribution is -2.31. The Morgan fingerprint density at radius 2 is 1.39 bits per heavy atom. The number of alkyl halides is 3. The van der Waals surface area contributed by atoms with Crippen LogP contribution in [0.15, 0.2) is 83.9 Å². The van der Waals surface area contributed by atoms with Crippen LogP contribution in [0.4, 0.5) is 23.2 Å². The summed E-state index contributed by atoms with van der Waals surface area (Å²) in [6, 6.07) is 21.5. The summed E-state index contributed by atoms with van der Waals surface area (Å²) in [5.41, 5.74) is 1.97. The number of ether oxygens (including phenoxy) is 1. The minimum atomic E-state index is -4.54. The lowest BCUT2D eigenvalue weighted by molar-refractivity contribution is -0.189. The van der Waals surface area contributed by atoms with Crippen molar-refractivity contribution < 1.29 is 22.3 Å². The molecular formula is C22H17F4NO. The van der Waals surface area contributed by atoms with Gasteiger partial charge in [-0.3, -0.25) is 0 Å². The first-order chi connectivity index (χ1) is 13.3. The molecular weight excluding hydrogens is 370 g/mol. The van der Waals surface area contributed by atoms with E-state index in [1.165, 1.54) is 0 Å². The summed E-state index contributed by atoms with van der Waals surface area (Å²) in [6.45, 7) is 0.895. The van der Waals surface area contributed by atoms with Crippen LogP contribution in [-0.4, -0.2) is 18.0 Å². The molecule has 0 aromatic heterocycles. The third kappa shape index (κ3) is 4.76. The highest BCUT2D eigenvalue weighted by Crippen LogP contribution is 2.33. The molecule has 28 heavy (non-hydrogen) atoms. The van der Waals surface area contributed by atoms with Gasteiger partial charge < -0.3 is 4.74 Å². The molecule has 0 saturated carbocycles. The average Bonchev–Trinajstić information content (AvgIpc) is 2.68. The molecule has 0 heterocycles. The second kappa shape index (κ2) is 8.25. The van der Waals surface area contributed by atoms with E-state index in [2.05, 4.69) is 4.99 Å². The van der Waals surface area contributed by atoms with Gasteiger partial charge in [0.2, 0.25) is 0 Å². The van der Waals surface area contributed by atoms with E-state index in [9.17, 15) is 17.6 Å². The molecule has 6 heteroatoms. The van der Waals surface area contributed by atoms with Crippen LogP contribution in [0.25, 0.3) is 0 Å². The molecule has 2 nitrogen and oxygen atoms in total. The van der Waals surface area contributed by atoms with Crippen molar-refractivity contribution in [3.63, 3.8) is 0 Å². The van der Waals surface area contributed by atoms with Crippen LogP contribution < -0.4 is 4.74 Å². The monoisotopic (exact) mass is 387 g/mol. The van der Waals surface area contributed by atoms with Gasteiger partial charge in [0.1, 0.15) is 17.3 Å². The van der Waals surface area contributed by atoms with Gasteiger partial charge in [0, 0.05) is 17.2 Å². The maximum atomic E-state index is 13.8. The first kappa shape index (κ1) is 19.6. The fourth-order valence-electron chi connectivity index (χ4n) is 2.54. The van der Waals surface area contributed by atoms with Crippen LogP contribution in [0.1, 0.15) is 18.1 Å². The van der Waals surface area contributed by atoms with E-state index >= 15 is 0 Å². The fourth-order valence-corrected chi connectivity index (χ4v) is 2.54. The predicted molar refractivity (Wildman–Crippen MR) is 101 cm³/mol. The third-order valence-corrected chi connectivity index (χ3v) is 4.01. The third-order valence-electron chi connectivity index (χ3n) is 4.01. The maximum Gasteiger partial charge on any atom is 0.425 e. The molecule has 1 atom stereocenters. The molecule has 0 aliphatic heterocycles. The molecule has 144 valence electrons. The van der Waals surface area contributed by atoms with Gasteiger partial charge in [-0.25, -0.2) is 9.38 Å². The molecule has 0 aliphatic rings. The molecule has 0 amide bonds. The normalized spacial score (nSPS) is 12.3. The second-order valence-corrected chi connectivity index (χ2v) is 6.11. The Labute approximate surface area is 160 Å². The van der Waals surface area contributed by atoms with Gasteiger partial charge in [-0.2, -0.15) is 13.2 Å². The van der Waals surface area contributed by atoms with E-state index in [0.717, 1.165) is 36.2 Å². The van der Waals surface area contributed by atoms with Crippen LogP contribution >= 0.6 is 0 Å². The maximum absolute atomic E-state index is 13.8. The topological polar surface area (TPSA) is 21.6 Å². The van der Waals surface area contributed by atoms with Crippen molar-refractivity contribution in [3.8, 4) is 5.75 Å². The summed E-state index contributed by atoms with van der Waals surface area (Å²) in [7, 11) is 0. The Morgan fingerprint density at radius 3 is 1.89 bits per heavy atom. The minimum absolute atomic E-state index is 0.0150. The zero-order chi connectivity index (χ0) is 20.1.